The highest BCUT2D eigenvalue weighted by atomic mass is 32.1. The van der Waals surface area contributed by atoms with Crippen molar-refractivity contribution >= 4 is 33.8 Å². The Morgan fingerprint density at radius 3 is 2.81 bits per heavy atom. The summed E-state index contributed by atoms with van der Waals surface area (Å²) in [5.74, 6) is 0.882. The van der Waals surface area contributed by atoms with Crippen LogP contribution >= 0.6 is 12.2 Å². The van der Waals surface area contributed by atoms with E-state index < -0.39 is 0 Å². The zero-order valence-corrected chi connectivity index (χ0v) is 12.4. The maximum absolute atomic E-state index is 5.86. The van der Waals surface area contributed by atoms with Crippen LogP contribution in [-0.2, 0) is 6.54 Å². The number of hydrogen-bond donors (Lipinski definition) is 1. The molecule has 2 N–H and O–H groups in total. The van der Waals surface area contributed by atoms with Gasteiger partial charge in [-0.2, -0.15) is 0 Å². The molecule has 0 bridgehead atoms. The van der Waals surface area contributed by atoms with E-state index in [1.165, 1.54) is 0 Å². The van der Waals surface area contributed by atoms with E-state index >= 15 is 0 Å². The van der Waals surface area contributed by atoms with Crippen molar-refractivity contribution in [2.45, 2.75) is 6.54 Å². The average Bonchev–Trinajstić information content (AvgIpc) is 2.98. The maximum atomic E-state index is 5.86. The smallest absolute Gasteiger partial charge is 0.123 e. The van der Waals surface area contributed by atoms with Gasteiger partial charge in [-0.05, 0) is 18.2 Å². The van der Waals surface area contributed by atoms with Crippen LogP contribution in [0.1, 0.15) is 11.3 Å². The molecule has 0 unspecified atom stereocenters. The minimum Gasteiger partial charge on any atom is -0.467 e. The Labute approximate surface area is 128 Å². The normalized spacial score (nSPS) is 10.7. The van der Waals surface area contributed by atoms with E-state index in [2.05, 4.69) is 9.88 Å². The molecule has 0 saturated heterocycles. The number of aromatic nitrogens is 1. The Kier molecular flexibility index (Phi) is 3.58. The Balaban J connectivity index is 2.13. The van der Waals surface area contributed by atoms with Gasteiger partial charge in [-0.1, -0.05) is 30.4 Å². The van der Waals surface area contributed by atoms with Crippen molar-refractivity contribution in [3.63, 3.8) is 0 Å². The zero-order chi connectivity index (χ0) is 14.8. The molecule has 106 valence electrons. The van der Waals surface area contributed by atoms with Crippen molar-refractivity contribution in [3.05, 3.63) is 60.2 Å². The lowest BCUT2D eigenvalue weighted by Crippen LogP contribution is -2.22. The van der Waals surface area contributed by atoms with Crippen LogP contribution in [0, 0.1) is 0 Å². The molecule has 1 aromatic carbocycles. The molecule has 21 heavy (non-hydrogen) atoms. The van der Waals surface area contributed by atoms with Gasteiger partial charge in [0.25, 0.3) is 0 Å². The zero-order valence-electron chi connectivity index (χ0n) is 11.6. The number of nitrogens with zero attached hydrogens (tertiary/aromatic N) is 2. The van der Waals surface area contributed by atoms with Gasteiger partial charge < -0.3 is 15.1 Å². The first kappa shape index (κ1) is 13.6. The van der Waals surface area contributed by atoms with Gasteiger partial charge in [0.2, 0.25) is 0 Å². The summed E-state index contributed by atoms with van der Waals surface area (Å²) >= 11 is 5.17. The van der Waals surface area contributed by atoms with Crippen LogP contribution in [-0.4, -0.2) is 17.0 Å². The molecule has 0 fully saturated rings. The summed E-state index contributed by atoms with van der Waals surface area (Å²) < 4.78 is 5.42. The third-order valence-electron chi connectivity index (χ3n) is 3.37. The molecular weight excluding hydrogens is 282 g/mol. The van der Waals surface area contributed by atoms with Crippen molar-refractivity contribution in [2.24, 2.45) is 5.73 Å². The molecule has 0 radical (unpaired) electrons. The van der Waals surface area contributed by atoms with E-state index in [-0.39, 0.29) is 0 Å². The van der Waals surface area contributed by atoms with Crippen molar-refractivity contribution in [2.75, 3.05) is 11.9 Å². The van der Waals surface area contributed by atoms with Crippen molar-refractivity contribution in [1.82, 2.24) is 4.98 Å². The maximum Gasteiger partial charge on any atom is 0.123 e. The molecule has 0 saturated carbocycles. The molecule has 4 nitrogen and oxygen atoms in total. The number of pyridine rings is 1. The summed E-state index contributed by atoms with van der Waals surface area (Å²) in [6.07, 6.45) is 3.40. The standard InChI is InChI=1S/C16H15N3OS/c1-19(10-11-5-4-8-20-11)15-12-6-2-3-7-14(12)18-9-13(15)16(17)21/h2-9H,10H2,1H3,(H2,17,21). The first-order chi connectivity index (χ1) is 10.2. The van der Waals surface area contributed by atoms with Gasteiger partial charge in [-0.25, -0.2) is 0 Å². The average molecular weight is 297 g/mol. The summed E-state index contributed by atoms with van der Waals surface area (Å²) in [5.41, 5.74) is 8.53. The van der Waals surface area contributed by atoms with Gasteiger partial charge in [0.15, 0.2) is 0 Å². The number of hydrogen-bond acceptors (Lipinski definition) is 4. The fourth-order valence-corrected chi connectivity index (χ4v) is 2.58. The monoisotopic (exact) mass is 297 g/mol. The number of benzene rings is 1. The van der Waals surface area contributed by atoms with Crippen LogP contribution in [0.15, 0.2) is 53.3 Å². The van der Waals surface area contributed by atoms with Crippen LogP contribution in [0.4, 0.5) is 5.69 Å². The van der Waals surface area contributed by atoms with Gasteiger partial charge in [0.1, 0.15) is 10.7 Å². The van der Waals surface area contributed by atoms with Crippen molar-refractivity contribution < 1.29 is 4.42 Å². The van der Waals surface area contributed by atoms with E-state index in [1.54, 1.807) is 12.5 Å². The Morgan fingerprint density at radius 1 is 1.29 bits per heavy atom. The number of para-hydroxylation sites is 1. The van der Waals surface area contributed by atoms with Crippen LogP contribution in [0.2, 0.25) is 0 Å². The predicted octanol–water partition coefficient (Wildman–Crippen LogP) is 3.10. The summed E-state index contributed by atoms with van der Waals surface area (Å²) in [5, 5.41) is 1.02. The fraction of sp³-hybridized carbons (Fsp3) is 0.125. The highest BCUT2D eigenvalue weighted by molar-refractivity contribution is 7.80. The summed E-state index contributed by atoms with van der Waals surface area (Å²) in [4.78, 5) is 6.85. The molecule has 5 heteroatoms. The number of thiocarbonyl (C=S) groups is 1. The summed E-state index contributed by atoms with van der Waals surface area (Å²) in [7, 11) is 1.99. The first-order valence-electron chi connectivity index (χ1n) is 6.58. The number of furan rings is 1. The molecule has 3 rings (SSSR count). The van der Waals surface area contributed by atoms with Gasteiger partial charge in [0, 0.05) is 18.6 Å². The second-order valence-electron chi connectivity index (χ2n) is 4.84. The number of rotatable bonds is 4. The van der Waals surface area contributed by atoms with Gasteiger partial charge in [-0.3, -0.25) is 4.98 Å². The van der Waals surface area contributed by atoms with Crippen molar-refractivity contribution in [1.29, 1.82) is 0 Å². The molecule has 0 aliphatic rings. The third-order valence-corrected chi connectivity index (χ3v) is 3.59. The van der Waals surface area contributed by atoms with E-state index in [0.717, 1.165) is 27.9 Å². The number of nitrogens with two attached hydrogens (primary N) is 1. The molecule has 0 amide bonds. The molecule has 2 heterocycles. The van der Waals surface area contributed by atoms with Gasteiger partial charge >= 0.3 is 0 Å². The lowest BCUT2D eigenvalue weighted by Gasteiger charge is -2.22. The molecule has 3 aromatic rings. The topological polar surface area (TPSA) is 55.3 Å². The first-order valence-corrected chi connectivity index (χ1v) is 6.98. The molecule has 0 aliphatic heterocycles. The quantitative estimate of drug-likeness (QED) is 0.750. The molecule has 0 spiro atoms. The van der Waals surface area contributed by atoms with E-state index in [1.807, 2.05) is 43.4 Å². The summed E-state index contributed by atoms with van der Waals surface area (Å²) in [6, 6.07) is 11.8. The highest BCUT2D eigenvalue weighted by Gasteiger charge is 2.15. The lowest BCUT2D eigenvalue weighted by molar-refractivity contribution is 0.507. The van der Waals surface area contributed by atoms with E-state index in [0.29, 0.717) is 11.5 Å². The second-order valence-corrected chi connectivity index (χ2v) is 5.28. The molecular formula is C16H15N3OS. The summed E-state index contributed by atoms with van der Waals surface area (Å²) in [6.45, 7) is 0.636. The number of fused-ring (bicyclic) bond motifs is 1. The van der Waals surface area contributed by atoms with Gasteiger partial charge in [0.05, 0.1) is 29.6 Å². The second kappa shape index (κ2) is 5.54. The van der Waals surface area contributed by atoms with Crippen LogP contribution in [0.25, 0.3) is 10.9 Å². The van der Waals surface area contributed by atoms with Crippen LogP contribution in [0.5, 0.6) is 0 Å². The Morgan fingerprint density at radius 2 is 2.10 bits per heavy atom. The third kappa shape index (κ3) is 2.60. The molecule has 2 aromatic heterocycles. The highest BCUT2D eigenvalue weighted by Crippen LogP contribution is 2.29. The van der Waals surface area contributed by atoms with E-state index in [9.17, 15) is 0 Å². The fourth-order valence-electron chi connectivity index (χ4n) is 2.43. The minimum atomic E-state index is 0.342. The molecule has 0 aliphatic carbocycles. The van der Waals surface area contributed by atoms with Crippen molar-refractivity contribution in [3.8, 4) is 0 Å². The number of anilines is 1. The van der Waals surface area contributed by atoms with Gasteiger partial charge in [-0.15, -0.1) is 0 Å². The minimum absolute atomic E-state index is 0.342. The van der Waals surface area contributed by atoms with Crippen LogP contribution < -0.4 is 10.6 Å². The van der Waals surface area contributed by atoms with Crippen LogP contribution in [0.3, 0.4) is 0 Å². The predicted molar refractivity (Wildman–Crippen MR) is 88.4 cm³/mol. The largest absolute Gasteiger partial charge is 0.467 e. The lowest BCUT2D eigenvalue weighted by atomic mass is 10.1. The Bertz CT molecular complexity index is 783. The Hall–Kier alpha value is -2.40. The molecule has 0 atom stereocenters. The van der Waals surface area contributed by atoms with E-state index in [4.69, 9.17) is 22.4 Å². The SMILES string of the molecule is CN(Cc1ccco1)c1c(C(N)=S)cnc2ccccc12.